The molecule has 1 aromatic heterocycles. The Bertz CT molecular complexity index is 615. The number of anilines is 1. The molecule has 0 saturated carbocycles. The zero-order chi connectivity index (χ0) is 14.0. The number of benzene rings is 1. The molecule has 1 amide bonds. The average Bonchev–Trinajstić information content (AvgIpc) is 2.69. The van der Waals surface area contributed by atoms with Crippen LogP contribution >= 0.6 is 15.9 Å². The highest BCUT2D eigenvalue weighted by Gasteiger charge is 2.15. The molecule has 98 valence electrons. The number of carboxylic acid groups (broad SMARTS) is 1. The van der Waals surface area contributed by atoms with E-state index in [2.05, 4.69) is 26.3 Å². The van der Waals surface area contributed by atoms with Crippen molar-refractivity contribution in [3.8, 4) is 0 Å². The van der Waals surface area contributed by atoms with E-state index < -0.39 is 5.97 Å². The van der Waals surface area contributed by atoms with Crippen LogP contribution in [0.4, 0.5) is 5.69 Å². The smallest absolute Gasteiger partial charge is 0.335 e. The summed E-state index contributed by atoms with van der Waals surface area (Å²) in [6.45, 7) is 0. The number of amides is 1. The fourth-order valence-electron chi connectivity index (χ4n) is 1.55. The maximum atomic E-state index is 12.0. The van der Waals surface area contributed by atoms with E-state index in [1.807, 2.05) is 0 Å². The van der Waals surface area contributed by atoms with Gasteiger partial charge in [0, 0.05) is 12.7 Å². The van der Waals surface area contributed by atoms with E-state index in [-0.39, 0.29) is 11.5 Å². The summed E-state index contributed by atoms with van der Waals surface area (Å²) in [6.07, 6.45) is 1.53. The van der Waals surface area contributed by atoms with Crippen molar-refractivity contribution in [2.75, 3.05) is 5.32 Å². The molecule has 0 unspecified atom stereocenters. The molecule has 0 fully saturated rings. The fraction of sp³-hybridized carbons (Fsp3) is 0.0833. The van der Waals surface area contributed by atoms with E-state index >= 15 is 0 Å². The molecule has 2 aromatic rings. The Morgan fingerprint density at radius 3 is 2.42 bits per heavy atom. The third kappa shape index (κ3) is 2.82. The number of carbonyl (C=O) groups is 2. The molecule has 0 aliphatic carbocycles. The lowest BCUT2D eigenvalue weighted by molar-refractivity contribution is 0.0696. The summed E-state index contributed by atoms with van der Waals surface area (Å²) < 4.78 is 2.04. The molecule has 1 heterocycles. The molecule has 0 saturated heterocycles. The van der Waals surface area contributed by atoms with Crippen molar-refractivity contribution >= 4 is 33.5 Å². The lowest BCUT2D eigenvalue weighted by Crippen LogP contribution is -2.16. The Labute approximate surface area is 117 Å². The Morgan fingerprint density at radius 2 is 1.95 bits per heavy atom. The van der Waals surface area contributed by atoms with E-state index in [9.17, 15) is 9.59 Å². The quantitative estimate of drug-likeness (QED) is 0.906. The van der Waals surface area contributed by atoms with Crippen LogP contribution in [-0.2, 0) is 7.05 Å². The van der Waals surface area contributed by atoms with Crippen LogP contribution in [0.1, 0.15) is 20.8 Å². The number of halogens is 1. The number of aromatic carboxylic acids is 1. The van der Waals surface area contributed by atoms with E-state index in [0.717, 1.165) is 0 Å². The number of rotatable bonds is 3. The molecule has 1 aromatic carbocycles. The highest BCUT2D eigenvalue weighted by Crippen LogP contribution is 2.17. The van der Waals surface area contributed by atoms with Gasteiger partial charge in [-0.15, -0.1) is 0 Å². The second-order valence-electron chi connectivity index (χ2n) is 3.80. The maximum absolute atomic E-state index is 12.0. The van der Waals surface area contributed by atoms with Gasteiger partial charge in [0.2, 0.25) is 0 Å². The number of hydrogen-bond donors (Lipinski definition) is 2. The predicted octanol–water partition coefficient (Wildman–Crippen LogP) is 2.13. The lowest BCUT2D eigenvalue weighted by Gasteiger charge is -2.06. The Balaban J connectivity index is 2.17. The van der Waals surface area contributed by atoms with Crippen LogP contribution in [0.5, 0.6) is 0 Å². The van der Waals surface area contributed by atoms with Gasteiger partial charge in [0.15, 0.2) is 0 Å². The number of aromatic nitrogens is 2. The third-order valence-electron chi connectivity index (χ3n) is 2.50. The minimum absolute atomic E-state index is 0.166. The number of nitrogens with zero attached hydrogens (tertiary/aromatic N) is 2. The van der Waals surface area contributed by atoms with E-state index in [0.29, 0.717) is 15.9 Å². The molecule has 0 atom stereocenters. The van der Waals surface area contributed by atoms with Gasteiger partial charge in [0.05, 0.1) is 16.2 Å². The summed E-state index contributed by atoms with van der Waals surface area (Å²) in [5.41, 5.74) is 1.07. The van der Waals surface area contributed by atoms with Crippen LogP contribution in [0.15, 0.2) is 34.9 Å². The average molecular weight is 324 g/mol. The second-order valence-corrected chi connectivity index (χ2v) is 4.66. The zero-order valence-corrected chi connectivity index (χ0v) is 11.5. The molecule has 2 rings (SSSR count). The Hall–Kier alpha value is -2.15. The number of hydrogen-bond acceptors (Lipinski definition) is 3. The van der Waals surface area contributed by atoms with Crippen molar-refractivity contribution in [2.24, 2.45) is 7.05 Å². The second kappa shape index (κ2) is 5.23. The van der Waals surface area contributed by atoms with Gasteiger partial charge in [-0.2, -0.15) is 5.10 Å². The van der Waals surface area contributed by atoms with Crippen LogP contribution in [0.25, 0.3) is 0 Å². The number of nitrogens with one attached hydrogen (secondary N) is 1. The monoisotopic (exact) mass is 323 g/mol. The highest BCUT2D eigenvalue weighted by atomic mass is 79.9. The lowest BCUT2D eigenvalue weighted by atomic mass is 10.2. The van der Waals surface area contributed by atoms with Gasteiger partial charge in [0.1, 0.15) is 5.69 Å². The molecule has 7 heteroatoms. The third-order valence-corrected chi connectivity index (χ3v) is 3.08. The summed E-state index contributed by atoms with van der Waals surface area (Å²) in [5.74, 6) is -1.33. The van der Waals surface area contributed by atoms with Crippen LogP contribution < -0.4 is 5.32 Å². The fourth-order valence-corrected chi connectivity index (χ4v) is 2.08. The van der Waals surface area contributed by atoms with E-state index in [4.69, 9.17) is 5.11 Å². The van der Waals surface area contributed by atoms with Crippen molar-refractivity contribution in [1.82, 2.24) is 9.78 Å². The summed E-state index contributed by atoms with van der Waals surface area (Å²) in [7, 11) is 1.66. The standard InChI is InChI=1S/C12H10BrN3O3/c1-16-10(9(13)6-14-16)11(17)15-8-4-2-7(3-5-8)12(18)19/h2-6H,1H3,(H,15,17)(H,18,19). The van der Waals surface area contributed by atoms with Crippen molar-refractivity contribution in [3.63, 3.8) is 0 Å². The zero-order valence-electron chi connectivity index (χ0n) is 9.92. The van der Waals surface area contributed by atoms with Crippen molar-refractivity contribution in [3.05, 3.63) is 46.2 Å². The first-order valence-corrected chi connectivity index (χ1v) is 6.10. The number of carbonyl (C=O) groups excluding carboxylic acids is 1. The molecule has 0 aliphatic heterocycles. The minimum atomic E-state index is -1.01. The summed E-state index contributed by atoms with van der Waals surface area (Å²) in [4.78, 5) is 22.7. The van der Waals surface area contributed by atoms with Gasteiger partial charge in [-0.1, -0.05) is 0 Å². The highest BCUT2D eigenvalue weighted by molar-refractivity contribution is 9.10. The molecule has 0 spiro atoms. The van der Waals surface area contributed by atoms with Crippen LogP contribution in [-0.4, -0.2) is 26.8 Å². The summed E-state index contributed by atoms with van der Waals surface area (Å²) >= 11 is 3.24. The first kappa shape index (κ1) is 13.3. The molecule has 0 bridgehead atoms. The normalized spacial score (nSPS) is 10.2. The van der Waals surface area contributed by atoms with Gasteiger partial charge >= 0.3 is 5.97 Å². The first-order valence-electron chi connectivity index (χ1n) is 5.31. The van der Waals surface area contributed by atoms with Crippen molar-refractivity contribution < 1.29 is 14.7 Å². The topological polar surface area (TPSA) is 84.2 Å². The molecular formula is C12H10BrN3O3. The van der Waals surface area contributed by atoms with Crippen LogP contribution in [0, 0.1) is 0 Å². The van der Waals surface area contributed by atoms with Crippen molar-refractivity contribution in [2.45, 2.75) is 0 Å². The molecular weight excluding hydrogens is 314 g/mol. The maximum Gasteiger partial charge on any atom is 0.335 e. The molecule has 2 N–H and O–H groups in total. The molecule has 6 nitrogen and oxygen atoms in total. The molecule has 19 heavy (non-hydrogen) atoms. The summed E-state index contributed by atoms with van der Waals surface area (Å²) in [6, 6.07) is 5.92. The van der Waals surface area contributed by atoms with Crippen LogP contribution in [0.2, 0.25) is 0 Å². The van der Waals surface area contributed by atoms with Gasteiger partial charge in [0.25, 0.3) is 5.91 Å². The number of aryl methyl sites for hydroxylation is 1. The molecule has 0 radical (unpaired) electrons. The minimum Gasteiger partial charge on any atom is -0.478 e. The molecule has 0 aliphatic rings. The van der Waals surface area contributed by atoms with Crippen molar-refractivity contribution in [1.29, 1.82) is 0 Å². The largest absolute Gasteiger partial charge is 0.478 e. The van der Waals surface area contributed by atoms with Gasteiger partial charge in [-0.3, -0.25) is 9.48 Å². The van der Waals surface area contributed by atoms with Crippen LogP contribution in [0.3, 0.4) is 0 Å². The predicted molar refractivity (Wildman–Crippen MR) is 72.3 cm³/mol. The van der Waals surface area contributed by atoms with Gasteiger partial charge in [-0.25, -0.2) is 4.79 Å². The van der Waals surface area contributed by atoms with E-state index in [1.54, 1.807) is 7.05 Å². The summed E-state index contributed by atoms with van der Waals surface area (Å²) in [5, 5.41) is 15.4. The van der Waals surface area contributed by atoms with Gasteiger partial charge in [-0.05, 0) is 40.2 Å². The Morgan fingerprint density at radius 1 is 1.32 bits per heavy atom. The Kier molecular flexibility index (Phi) is 3.66. The first-order chi connectivity index (χ1) is 8.99. The van der Waals surface area contributed by atoms with Gasteiger partial charge < -0.3 is 10.4 Å². The SMILES string of the molecule is Cn1ncc(Br)c1C(=O)Nc1ccc(C(=O)O)cc1. The number of carboxylic acids is 1. The van der Waals surface area contributed by atoms with E-state index in [1.165, 1.54) is 35.1 Å².